The van der Waals surface area contributed by atoms with Gasteiger partial charge < -0.3 is 0 Å². The number of carbonyl (C=O) groups excluding carboxylic acids is 1. The minimum atomic E-state index is -0.455. The van der Waals surface area contributed by atoms with Gasteiger partial charge in [0.05, 0.1) is 11.1 Å². The van der Waals surface area contributed by atoms with E-state index in [1.165, 1.54) is 4.68 Å². The van der Waals surface area contributed by atoms with E-state index in [1.807, 2.05) is 56.3 Å². The van der Waals surface area contributed by atoms with Gasteiger partial charge in [0.25, 0.3) is 11.5 Å². The van der Waals surface area contributed by atoms with Gasteiger partial charge in [-0.25, -0.2) is 10.1 Å². The van der Waals surface area contributed by atoms with E-state index in [0.29, 0.717) is 23.0 Å². The van der Waals surface area contributed by atoms with Gasteiger partial charge in [0.15, 0.2) is 5.69 Å². The molecule has 1 aromatic heterocycles. The third-order valence-corrected chi connectivity index (χ3v) is 4.87. The van der Waals surface area contributed by atoms with Gasteiger partial charge in [-0.3, -0.25) is 9.59 Å². The van der Waals surface area contributed by atoms with Crippen molar-refractivity contribution in [2.75, 3.05) is 0 Å². The Hall–Kier alpha value is -3.80. The summed E-state index contributed by atoms with van der Waals surface area (Å²) >= 11 is 0. The largest absolute Gasteiger partial charge is 0.292 e. The van der Waals surface area contributed by atoms with Crippen molar-refractivity contribution >= 4 is 33.2 Å². The van der Waals surface area contributed by atoms with Crippen LogP contribution in [0.25, 0.3) is 21.5 Å². The first kappa shape index (κ1) is 18.6. The van der Waals surface area contributed by atoms with Crippen LogP contribution in [0.1, 0.15) is 29.9 Å². The highest BCUT2D eigenvalue weighted by molar-refractivity contribution is 6.06. The summed E-state index contributed by atoms with van der Waals surface area (Å²) in [5.41, 5.74) is 4.14. The highest BCUT2D eigenvalue weighted by atomic mass is 16.2. The first-order valence-corrected chi connectivity index (χ1v) is 9.42. The van der Waals surface area contributed by atoms with Crippen LogP contribution in [-0.2, 0) is 6.54 Å². The second-order valence-electron chi connectivity index (χ2n) is 6.72. The molecular weight excluding hydrogens is 364 g/mol. The predicted molar refractivity (Wildman–Crippen MR) is 115 cm³/mol. The molecule has 6 nitrogen and oxygen atoms in total. The highest BCUT2D eigenvalue weighted by Gasteiger charge is 2.16. The Balaban J connectivity index is 1.67. The zero-order valence-corrected chi connectivity index (χ0v) is 16.2. The lowest BCUT2D eigenvalue weighted by Gasteiger charge is -2.09. The monoisotopic (exact) mass is 384 g/mol. The molecule has 0 aliphatic heterocycles. The van der Waals surface area contributed by atoms with Crippen molar-refractivity contribution in [2.24, 2.45) is 5.10 Å². The number of hydrogen-bond acceptors (Lipinski definition) is 4. The van der Waals surface area contributed by atoms with Gasteiger partial charge in [-0.2, -0.15) is 10.2 Å². The van der Waals surface area contributed by atoms with E-state index in [9.17, 15) is 9.59 Å². The number of nitrogens with zero attached hydrogens (tertiary/aromatic N) is 3. The summed E-state index contributed by atoms with van der Waals surface area (Å²) in [5.74, 6) is -0.455. The lowest BCUT2D eigenvalue weighted by atomic mass is 10.0. The fraction of sp³-hybridized carbons (Fsp3) is 0.130. The third-order valence-electron chi connectivity index (χ3n) is 4.87. The molecule has 0 aliphatic carbocycles. The standard InChI is InChI=1S/C23H20N4O2/c1-3-27-23(29)20-11-7-6-10-19(20)21(26-27)22(28)25-24-15(2)17-13-12-16-8-4-5-9-18(16)14-17/h4-14H,3H2,1-2H3,(H,25,28)/b24-15+. The number of amides is 1. The second kappa shape index (κ2) is 7.67. The molecule has 1 heterocycles. The van der Waals surface area contributed by atoms with Crippen molar-refractivity contribution in [3.63, 3.8) is 0 Å². The van der Waals surface area contributed by atoms with Crippen LogP contribution in [0, 0.1) is 0 Å². The number of aromatic nitrogens is 2. The Morgan fingerprint density at radius 1 is 1.00 bits per heavy atom. The Morgan fingerprint density at radius 3 is 2.45 bits per heavy atom. The smallest absolute Gasteiger partial charge is 0.267 e. The zero-order valence-electron chi connectivity index (χ0n) is 16.2. The fourth-order valence-electron chi connectivity index (χ4n) is 3.28. The molecule has 0 saturated carbocycles. The van der Waals surface area contributed by atoms with Gasteiger partial charge in [0, 0.05) is 11.9 Å². The van der Waals surface area contributed by atoms with Crippen LogP contribution < -0.4 is 11.0 Å². The summed E-state index contributed by atoms with van der Waals surface area (Å²) in [5, 5.41) is 11.7. The van der Waals surface area contributed by atoms with E-state index >= 15 is 0 Å². The van der Waals surface area contributed by atoms with Crippen LogP contribution >= 0.6 is 0 Å². The molecule has 1 N–H and O–H groups in total. The number of rotatable bonds is 4. The second-order valence-corrected chi connectivity index (χ2v) is 6.72. The maximum atomic E-state index is 12.8. The molecule has 0 saturated heterocycles. The average Bonchev–Trinajstić information content (AvgIpc) is 2.77. The lowest BCUT2D eigenvalue weighted by molar-refractivity contribution is 0.0949. The lowest BCUT2D eigenvalue weighted by Crippen LogP contribution is -2.28. The molecule has 0 aliphatic rings. The summed E-state index contributed by atoms with van der Waals surface area (Å²) in [6, 6.07) is 21.1. The van der Waals surface area contributed by atoms with Crippen molar-refractivity contribution in [1.29, 1.82) is 0 Å². The molecular formula is C23H20N4O2. The van der Waals surface area contributed by atoms with E-state index in [-0.39, 0.29) is 11.3 Å². The Morgan fingerprint density at radius 2 is 1.69 bits per heavy atom. The Labute approximate surface area is 167 Å². The van der Waals surface area contributed by atoms with Crippen LogP contribution in [0.15, 0.2) is 76.6 Å². The normalized spacial score (nSPS) is 11.7. The van der Waals surface area contributed by atoms with E-state index < -0.39 is 5.91 Å². The molecule has 0 radical (unpaired) electrons. The molecule has 4 rings (SSSR count). The summed E-state index contributed by atoms with van der Waals surface area (Å²) in [4.78, 5) is 25.2. The number of fused-ring (bicyclic) bond motifs is 2. The van der Waals surface area contributed by atoms with E-state index in [2.05, 4.69) is 15.6 Å². The molecule has 0 atom stereocenters. The quantitative estimate of drug-likeness (QED) is 0.430. The number of hydrogen-bond donors (Lipinski definition) is 1. The van der Waals surface area contributed by atoms with Gasteiger partial charge >= 0.3 is 0 Å². The minimum absolute atomic E-state index is 0.178. The van der Waals surface area contributed by atoms with E-state index in [4.69, 9.17) is 0 Å². The topological polar surface area (TPSA) is 76.3 Å². The van der Waals surface area contributed by atoms with E-state index in [0.717, 1.165) is 16.3 Å². The Bertz CT molecular complexity index is 1320. The molecule has 0 spiro atoms. The van der Waals surface area contributed by atoms with Crippen LogP contribution in [-0.4, -0.2) is 21.4 Å². The molecule has 0 unspecified atom stereocenters. The number of benzene rings is 3. The van der Waals surface area contributed by atoms with Gasteiger partial charge in [-0.05, 0) is 42.3 Å². The third kappa shape index (κ3) is 3.52. The van der Waals surface area contributed by atoms with Crippen LogP contribution in [0.5, 0.6) is 0 Å². The number of hydrazone groups is 1. The van der Waals surface area contributed by atoms with Crippen molar-refractivity contribution in [2.45, 2.75) is 20.4 Å². The molecule has 144 valence electrons. The highest BCUT2D eigenvalue weighted by Crippen LogP contribution is 2.16. The summed E-state index contributed by atoms with van der Waals surface area (Å²) in [7, 11) is 0. The molecule has 4 aromatic rings. The maximum absolute atomic E-state index is 12.8. The summed E-state index contributed by atoms with van der Waals surface area (Å²) < 4.78 is 1.29. The van der Waals surface area contributed by atoms with Gasteiger partial charge in [0.1, 0.15) is 0 Å². The summed E-state index contributed by atoms with van der Waals surface area (Å²) in [6.45, 7) is 4.03. The average molecular weight is 384 g/mol. The van der Waals surface area contributed by atoms with Crippen molar-refractivity contribution in [1.82, 2.24) is 15.2 Å². The van der Waals surface area contributed by atoms with Gasteiger partial charge in [-0.1, -0.05) is 54.6 Å². The van der Waals surface area contributed by atoms with Gasteiger partial charge in [-0.15, -0.1) is 0 Å². The van der Waals surface area contributed by atoms with Crippen LogP contribution in [0.2, 0.25) is 0 Å². The number of nitrogens with one attached hydrogen (secondary N) is 1. The molecule has 3 aromatic carbocycles. The predicted octanol–water partition coefficient (Wildman–Crippen LogP) is 3.72. The van der Waals surface area contributed by atoms with Crippen LogP contribution in [0.3, 0.4) is 0 Å². The van der Waals surface area contributed by atoms with Crippen molar-refractivity contribution in [3.8, 4) is 0 Å². The van der Waals surface area contributed by atoms with Crippen molar-refractivity contribution in [3.05, 3.63) is 88.3 Å². The number of carbonyl (C=O) groups is 1. The molecule has 29 heavy (non-hydrogen) atoms. The Kier molecular flexibility index (Phi) is 4.91. The molecule has 6 heteroatoms. The van der Waals surface area contributed by atoms with E-state index in [1.54, 1.807) is 24.3 Å². The first-order valence-electron chi connectivity index (χ1n) is 9.42. The fourth-order valence-corrected chi connectivity index (χ4v) is 3.28. The minimum Gasteiger partial charge on any atom is -0.267 e. The summed E-state index contributed by atoms with van der Waals surface area (Å²) in [6.07, 6.45) is 0. The molecule has 0 bridgehead atoms. The van der Waals surface area contributed by atoms with Crippen molar-refractivity contribution < 1.29 is 4.79 Å². The molecule has 0 fully saturated rings. The number of aryl methyl sites for hydroxylation is 1. The molecule has 1 amide bonds. The van der Waals surface area contributed by atoms with Crippen LogP contribution in [0.4, 0.5) is 0 Å². The van der Waals surface area contributed by atoms with Gasteiger partial charge in [0.2, 0.25) is 0 Å². The first-order chi connectivity index (χ1) is 14.1. The zero-order chi connectivity index (χ0) is 20.4. The maximum Gasteiger partial charge on any atom is 0.292 e. The SMILES string of the molecule is CCn1nc(C(=O)N/N=C(\C)c2ccc3ccccc3c2)c2ccccc2c1=O.